The summed E-state index contributed by atoms with van der Waals surface area (Å²) in [5, 5.41) is 18.1. The van der Waals surface area contributed by atoms with Crippen LogP contribution in [0.1, 0.15) is 11.3 Å². The summed E-state index contributed by atoms with van der Waals surface area (Å²) in [5.41, 5.74) is 1.34. The lowest BCUT2D eigenvalue weighted by atomic mass is 10.3. The highest BCUT2D eigenvalue weighted by molar-refractivity contribution is 5.33. The molecule has 74 valence electrons. The van der Waals surface area contributed by atoms with Crippen LogP contribution in [0.3, 0.4) is 0 Å². The minimum Gasteiger partial charge on any atom is -0.365 e. The molecule has 0 aliphatic carbocycles. The number of anilines is 1. The summed E-state index contributed by atoms with van der Waals surface area (Å²) in [6.07, 6.45) is 6.48. The van der Waals surface area contributed by atoms with Crippen molar-refractivity contribution in [2.45, 2.75) is 6.54 Å². The van der Waals surface area contributed by atoms with E-state index in [9.17, 15) is 0 Å². The zero-order chi connectivity index (χ0) is 10.5. The van der Waals surface area contributed by atoms with E-state index in [0.29, 0.717) is 18.1 Å². The second-order valence-electron chi connectivity index (χ2n) is 2.86. The Bertz CT molecular complexity index is 452. The lowest BCUT2D eigenvalue weighted by Crippen LogP contribution is -2.01. The van der Waals surface area contributed by atoms with Crippen LogP contribution >= 0.6 is 0 Å². The van der Waals surface area contributed by atoms with Gasteiger partial charge in [0.2, 0.25) is 0 Å². The number of nitrogens with zero attached hydrogens (tertiary/aromatic N) is 4. The predicted molar refractivity (Wildman–Crippen MR) is 52.7 cm³/mol. The summed E-state index contributed by atoms with van der Waals surface area (Å²) in [4.78, 5) is 7.91. The van der Waals surface area contributed by atoms with Crippen molar-refractivity contribution in [1.82, 2.24) is 20.2 Å². The Balaban J connectivity index is 1.97. The summed E-state index contributed by atoms with van der Waals surface area (Å²) in [7, 11) is 0. The Morgan fingerprint density at radius 1 is 1.33 bits per heavy atom. The smallest absolute Gasteiger partial charge is 0.158 e. The van der Waals surface area contributed by atoms with Crippen molar-refractivity contribution < 1.29 is 0 Å². The van der Waals surface area contributed by atoms with E-state index in [1.165, 1.54) is 12.4 Å². The number of nitriles is 1. The molecule has 0 aromatic carbocycles. The van der Waals surface area contributed by atoms with Crippen LogP contribution in [0.5, 0.6) is 0 Å². The second-order valence-corrected chi connectivity index (χ2v) is 2.86. The van der Waals surface area contributed by atoms with Crippen LogP contribution in [0.4, 0.5) is 5.82 Å². The van der Waals surface area contributed by atoms with Gasteiger partial charge in [-0.05, 0) is 0 Å². The SMILES string of the molecule is N#Cc1cnc(NCc2cn[nH]c2)cn1. The molecule has 0 aliphatic heterocycles. The zero-order valence-electron chi connectivity index (χ0n) is 7.81. The van der Waals surface area contributed by atoms with Gasteiger partial charge in [0.05, 0.1) is 18.6 Å². The molecule has 0 bridgehead atoms. The van der Waals surface area contributed by atoms with Crippen molar-refractivity contribution in [2.24, 2.45) is 0 Å². The van der Waals surface area contributed by atoms with Crippen LogP contribution in [-0.2, 0) is 6.54 Å². The summed E-state index contributed by atoms with van der Waals surface area (Å²) in [6.45, 7) is 0.622. The third kappa shape index (κ3) is 2.28. The van der Waals surface area contributed by atoms with Crippen molar-refractivity contribution in [2.75, 3.05) is 5.32 Å². The first-order valence-electron chi connectivity index (χ1n) is 4.32. The Kier molecular flexibility index (Phi) is 2.56. The first kappa shape index (κ1) is 9.15. The average Bonchev–Trinajstić information content (AvgIpc) is 2.80. The minimum atomic E-state index is 0.309. The molecular weight excluding hydrogens is 192 g/mol. The molecule has 0 unspecified atom stereocenters. The molecule has 0 spiro atoms. The third-order valence-corrected chi connectivity index (χ3v) is 1.79. The van der Waals surface area contributed by atoms with Gasteiger partial charge in [-0.2, -0.15) is 10.4 Å². The maximum absolute atomic E-state index is 8.52. The van der Waals surface area contributed by atoms with Crippen molar-refractivity contribution in [3.05, 3.63) is 36.0 Å². The normalized spacial score (nSPS) is 9.53. The van der Waals surface area contributed by atoms with Crippen LogP contribution in [0.2, 0.25) is 0 Å². The molecule has 15 heavy (non-hydrogen) atoms. The zero-order valence-corrected chi connectivity index (χ0v) is 7.81. The third-order valence-electron chi connectivity index (χ3n) is 1.79. The molecule has 2 aromatic heterocycles. The first-order valence-corrected chi connectivity index (χ1v) is 4.32. The summed E-state index contributed by atoms with van der Waals surface area (Å²) in [5.74, 6) is 0.634. The van der Waals surface area contributed by atoms with E-state index in [1.807, 2.05) is 6.07 Å². The lowest BCUT2D eigenvalue weighted by Gasteiger charge is -2.01. The summed E-state index contributed by atoms with van der Waals surface area (Å²) in [6, 6.07) is 1.91. The molecule has 2 N–H and O–H groups in total. The van der Waals surface area contributed by atoms with Gasteiger partial charge in [-0.15, -0.1) is 0 Å². The molecular formula is C9H8N6. The van der Waals surface area contributed by atoms with Gasteiger partial charge in [0.15, 0.2) is 5.69 Å². The number of nitrogens with one attached hydrogen (secondary N) is 2. The molecule has 0 aliphatic rings. The quantitative estimate of drug-likeness (QED) is 0.760. The molecule has 0 saturated heterocycles. The van der Waals surface area contributed by atoms with Crippen LogP contribution in [-0.4, -0.2) is 20.2 Å². The monoisotopic (exact) mass is 200 g/mol. The largest absolute Gasteiger partial charge is 0.365 e. The van der Waals surface area contributed by atoms with Gasteiger partial charge in [0.1, 0.15) is 11.9 Å². The fraction of sp³-hybridized carbons (Fsp3) is 0.111. The van der Waals surface area contributed by atoms with Gasteiger partial charge >= 0.3 is 0 Å². The van der Waals surface area contributed by atoms with Crippen LogP contribution in [0.15, 0.2) is 24.8 Å². The van der Waals surface area contributed by atoms with E-state index in [-0.39, 0.29) is 0 Å². The molecule has 0 radical (unpaired) electrons. The maximum Gasteiger partial charge on any atom is 0.158 e. The maximum atomic E-state index is 8.52. The number of hydrogen-bond donors (Lipinski definition) is 2. The van der Waals surface area contributed by atoms with E-state index < -0.39 is 0 Å². The molecule has 2 rings (SSSR count). The molecule has 0 amide bonds. The van der Waals surface area contributed by atoms with Gasteiger partial charge < -0.3 is 5.32 Å². The number of aromatic amines is 1. The topological polar surface area (TPSA) is 90.3 Å². The Hall–Kier alpha value is -2.42. The van der Waals surface area contributed by atoms with E-state index in [0.717, 1.165) is 5.56 Å². The Labute approximate surface area is 86.0 Å². The van der Waals surface area contributed by atoms with Gasteiger partial charge in [-0.3, -0.25) is 5.10 Å². The number of H-pyrrole nitrogens is 1. The van der Waals surface area contributed by atoms with Gasteiger partial charge in [0.25, 0.3) is 0 Å². The number of hydrogen-bond acceptors (Lipinski definition) is 5. The highest BCUT2D eigenvalue weighted by Gasteiger charge is 1.97. The van der Waals surface area contributed by atoms with Crippen LogP contribution < -0.4 is 5.32 Å². The predicted octanol–water partition coefficient (Wildman–Crippen LogP) is 0.683. The van der Waals surface area contributed by atoms with Gasteiger partial charge in [0, 0.05) is 18.3 Å². The number of rotatable bonds is 3. The van der Waals surface area contributed by atoms with Crippen LogP contribution in [0, 0.1) is 11.3 Å². The highest BCUT2D eigenvalue weighted by atomic mass is 15.1. The standard InChI is InChI=1S/C9H8N6/c10-1-8-5-13-9(6-11-8)12-2-7-3-14-15-4-7/h3-6H,2H2,(H,12,13)(H,14,15). The van der Waals surface area contributed by atoms with Crippen molar-refractivity contribution in [3.63, 3.8) is 0 Å². The van der Waals surface area contributed by atoms with Gasteiger partial charge in [-0.1, -0.05) is 0 Å². The average molecular weight is 200 g/mol. The second kappa shape index (κ2) is 4.19. The molecule has 2 heterocycles. The fourth-order valence-electron chi connectivity index (χ4n) is 1.04. The first-order chi connectivity index (χ1) is 7.38. The summed E-state index contributed by atoms with van der Waals surface area (Å²) >= 11 is 0. The Morgan fingerprint density at radius 2 is 2.27 bits per heavy atom. The Morgan fingerprint density at radius 3 is 2.87 bits per heavy atom. The van der Waals surface area contributed by atoms with Crippen molar-refractivity contribution in [3.8, 4) is 6.07 Å². The van der Waals surface area contributed by atoms with Crippen molar-refractivity contribution >= 4 is 5.82 Å². The summed E-state index contributed by atoms with van der Waals surface area (Å²) < 4.78 is 0. The molecule has 0 saturated carbocycles. The minimum absolute atomic E-state index is 0.309. The van der Waals surface area contributed by atoms with Crippen LogP contribution in [0.25, 0.3) is 0 Å². The van der Waals surface area contributed by atoms with E-state index in [2.05, 4.69) is 25.5 Å². The molecule has 0 atom stereocenters. The lowest BCUT2D eigenvalue weighted by molar-refractivity contribution is 1.08. The molecule has 2 aromatic rings. The van der Waals surface area contributed by atoms with Gasteiger partial charge in [-0.25, -0.2) is 9.97 Å². The molecule has 6 heteroatoms. The van der Waals surface area contributed by atoms with E-state index >= 15 is 0 Å². The van der Waals surface area contributed by atoms with E-state index in [4.69, 9.17) is 5.26 Å². The molecule has 6 nitrogen and oxygen atoms in total. The fourth-order valence-corrected chi connectivity index (χ4v) is 1.04. The number of aromatic nitrogens is 4. The highest BCUT2D eigenvalue weighted by Crippen LogP contribution is 2.03. The molecule has 0 fully saturated rings. The van der Waals surface area contributed by atoms with Crippen molar-refractivity contribution in [1.29, 1.82) is 5.26 Å². The van der Waals surface area contributed by atoms with E-state index in [1.54, 1.807) is 12.4 Å².